The number of hydrogen-bond acceptors (Lipinski definition) is 4. The normalized spacial score (nSPS) is 21.0. The Hall–Kier alpha value is -2.31. The summed E-state index contributed by atoms with van der Waals surface area (Å²) in [4.78, 5) is 37.4. The maximum atomic E-state index is 12.5. The lowest BCUT2D eigenvalue weighted by Gasteiger charge is -2.42. The van der Waals surface area contributed by atoms with E-state index in [4.69, 9.17) is 0 Å². The van der Waals surface area contributed by atoms with E-state index in [1.807, 2.05) is 21.6 Å². The Labute approximate surface area is 153 Å². The summed E-state index contributed by atoms with van der Waals surface area (Å²) in [5.74, 6) is 0.391. The number of methoxy groups -OCH3 is 1. The SMILES string of the molecule is COC(=O)CCCCCNC(=O)N1CC2C[C@H](C1)c1cccc(=O)n1C2. The number of nitrogens with zero attached hydrogens (tertiary/aromatic N) is 2. The Morgan fingerprint density at radius 3 is 2.85 bits per heavy atom. The molecule has 1 aromatic heterocycles. The molecule has 0 aliphatic carbocycles. The number of likely N-dealkylation sites (tertiary alicyclic amines) is 1. The molecule has 0 spiro atoms. The fraction of sp³-hybridized carbons (Fsp3) is 0.632. The molecule has 2 bridgehead atoms. The number of rotatable bonds is 6. The minimum absolute atomic E-state index is 0.0283. The van der Waals surface area contributed by atoms with Gasteiger partial charge in [0.05, 0.1) is 7.11 Å². The molecule has 7 heteroatoms. The molecule has 0 saturated carbocycles. The lowest BCUT2D eigenvalue weighted by molar-refractivity contribution is -0.140. The zero-order valence-corrected chi connectivity index (χ0v) is 15.3. The van der Waals surface area contributed by atoms with Crippen molar-refractivity contribution in [1.82, 2.24) is 14.8 Å². The minimum atomic E-state index is -0.187. The van der Waals surface area contributed by atoms with Crippen molar-refractivity contribution in [3.63, 3.8) is 0 Å². The van der Waals surface area contributed by atoms with Crippen molar-refractivity contribution >= 4 is 12.0 Å². The van der Waals surface area contributed by atoms with Crippen molar-refractivity contribution in [2.45, 2.75) is 44.6 Å². The molecular formula is C19H27N3O4. The van der Waals surface area contributed by atoms with Crippen molar-refractivity contribution in [2.75, 3.05) is 26.7 Å². The van der Waals surface area contributed by atoms with Gasteiger partial charge in [-0.2, -0.15) is 0 Å². The Morgan fingerprint density at radius 2 is 2.04 bits per heavy atom. The lowest BCUT2D eigenvalue weighted by Crippen LogP contribution is -2.52. The number of nitrogens with one attached hydrogen (secondary N) is 1. The molecule has 2 aliphatic heterocycles. The topological polar surface area (TPSA) is 80.6 Å². The summed E-state index contributed by atoms with van der Waals surface area (Å²) in [5, 5.41) is 2.98. The van der Waals surface area contributed by atoms with E-state index in [9.17, 15) is 14.4 Å². The predicted molar refractivity (Wildman–Crippen MR) is 97.0 cm³/mol. The van der Waals surface area contributed by atoms with E-state index < -0.39 is 0 Å². The minimum Gasteiger partial charge on any atom is -0.469 e. The number of fused-ring (bicyclic) bond motifs is 4. The Bertz CT molecular complexity index is 715. The number of pyridine rings is 1. The number of hydrogen-bond donors (Lipinski definition) is 1. The van der Waals surface area contributed by atoms with E-state index in [0.717, 1.165) is 31.4 Å². The highest BCUT2D eigenvalue weighted by Gasteiger charge is 2.36. The molecule has 1 N–H and O–H groups in total. The third kappa shape index (κ3) is 4.26. The van der Waals surface area contributed by atoms with E-state index in [2.05, 4.69) is 10.1 Å². The Balaban J connectivity index is 1.46. The zero-order chi connectivity index (χ0) is 18.5. The summed E-state index contributed by atoms with van der Waals surface area (Å²) in [6, 6.07) is 5.39. The van der Waals surface area contributed by atoms with Gasteiger partial charge in [-0.3, -0.25) is 9.59 Å². The zero-order valence-electron chi connectivity index (χ0n) is 15.3. The van der Waals surface area contributed by atoms with Gasteiger partial charge in [0.1, 0.15) is 0 Å². The molecule has 2 aliphatic rings. The van der Waals surface area contributed by atoms with Crippen molar-refractivity contribution < 1.29 is 14.3 Å². The Kier molecular flexibility index (Phi) is 5.96. The second kappa shape index (κ2) is 8.38. The third-order valence-electron chi connectivity index (χ3n) is 5.33. The van der Waals surface area contributed by atoms with Crippen LogP contribution < -0.4 is 10.9 Å². The van der Waals surface area contributed by atoms with Gasteiger partial charge in [-0.15, -0.1) is 0 Å². The summed E-state index contributed by atoms with van der Waals surface area (Å²) in [7, 11) is 1.39. The number of aromatic nitrogens is 1. The van der Waals surface area contributed by atoms with Gasteiger partial charge in [0.25, 0.3) is 5.56 Å². The maximum absolute atomic E-state index is 12.5. The highest BCUT2D eigenvalue weighted by molar-refractivity contribution is 5.74. The number of unbranched alkanes of at least 4 members (excludes halogenated alkanes) is 2. The van der Waals surface area contributed by atoms with Crippen LogP contribution in [0.15, 0.2) is 23.0 Å². The van der Waals surface area contributed by atoms with Crippen LogP contribution in [-0.2, 0) is 16.1 Å². The van der Waals surface area contributed by atoms with Crippen molar-refractivity contribution in [3.8, 4) is 0 Å². The number of urea groups is 1. The number of carbonyl (C=O) groups excluding carboxylic acids is 2. The average Bonchev–Trinajstić information content (AvgIpc) is 2.64. The van der Waals surface area contributed by atoms with E-state index in [1.165, 1.54) is 7.11 Å². The highest BCUT2D eigenvalue weighted by Crippen LogP contribution is 2.34. The molecule has 1 saturated heterocycles. The fourth-order valence-corrected chi connectivity index (χ4v) is 4.04. The molecule has 0 radical (unpaired) electrons. The number of ether oxygens (including phenoxy) is 1. The molecule has 1 unspecified atom stereocenters. The molecular weight excluding hydrogens is 334 g/mol. The van der Waals surface area contributed by atoms with Crippen molar-refractivity contribution in [1.29, 1.82) is 0 Å². The fourth-order valence-electron chi connectivity index (χ4n) is 4.04. The standard InChI is InChI=1S/C19H27N3O4/c1-26-18(24)8-3-2-4-9-20-19(25)21-11-14-10-15(13-21)16-6-5-7-17(23)22(16)12-14/h5-7,14-15H,2-4,8-13H2,1H3,(H,20,25)/t14?,15-/m1/s1. The summed E-state index contributed by atoms with van der Waals surface area (Å²) < 4.78 is 6.48. The largest absolute Gasteiger partial charge is 0.469 e. The second-order valence-electron chi connectivity index (χ2n) is 7.22. The first-order valence-electron chi connectivity index (χ1n) is 9.38. The van der Waals surface area contributed by atoms with Crippen LogP contribution in [0.2, 0.25) is 0 Å². The Morgan fingerprint density at radius 1 is 1.19 bits per heavy atom. The maximum Gasteiger partial charge on any atom is 0.317 e. The van der Waals surface area contributed by atoms with Crippen LogP contribution in [0.5, 0.6) is 0 Å². The highest BCUT2D eigenvalue weighted by atomic mass is 16.5. The summed E-state index contributed by atoms with van der Waals surface area (Å²) in [5.41, 5.74) is 1.11. The molecule has 1 aromatic rings. The van der Waals surface area contributed by atoms with Gasteiger partial charge in [0.15, 0.2) is 0 Å². The van der Waals surface area contributed by atoms with E-state index >= 15 is 0 Å². The van der Waals surface area contributed by atoms with Crippen molar-refractivity contribution in [2.24, 2.45) is 5.92 Å². The predicted octanol–water partition coefficient (Wildman–Crippen LogP) is 1.71. The summed E-state index contributed by atoms with van der Waals surface area (Å²) in [6.45, 7) is 2.67. The monoisotopic (exact) mass is 361 g/mol. The smallest absolute Gasteiger partial charge is 0.317 e. The first kappa shape index (κ1) is 18.5. The second-order valence-corrected chi connectivity index (χ2v) is 7.22. The molecule has 142 valence electrons. The molecule has 2 atom stereocenters. The first-order chi connectivity index (χ1) is 12.6. The molecule has 3 rings (SSSR count). The van der Waals surface area contributed by atoms with Crippen LogP contribution >= 0.6 is 0 Å². The van der Waals surface area contributed by atoms with Crippen LogP contribution in [-0.4, -0.2) is 48.2 Å². The molecule has 1 fully saturated rings. The molecule has 3 heterocycles. The van der Waals surface area contributed by atoms with Crippen LogP contribution in [0, 0.1) is 5.92 Å². The number of carbonyl (C=O) groups is 2. The van der Waals surface area contributed by atoms with Crippen LogP contribution in [0.25, 0.3) is 0 Å². The van der Waals surface area contributed by atoms with Gasteiger partial charge >= 0.3 is 12.0 Å². The molecule has 7 nitrogen and oxygen atoms in total. The number of esters is 1. The molecule has 0 aromatic carbocycles. The van der Waals surface area contributed by atoms with Gasteiger partial charge in [-0.1, -0.05) is 12.5 Å². The van der Waals surface area contributed by atoms with Crippen LogP contribution in [0.1, 0.15) is 43.7 Å². The third-order valence-corrected chi connectivity index (χ3v) is 5.33. The van der Waals surface area contributed by atoms with E-state index in [0.29, 0.717) is 38.5 Å². The van der Waals surface area contributed by atoms with Crippen molar-refractivity contribution in [3.05, 3.63) is 34.2 Å². The molecule has 26 heavy (non-hydrogen) atoms. The van der Waals surface area contributed by atoms with Gasteiger partial charge < -0.3 is 19.5 Å². The quantitative estimate of drug-likeness (QED) is 0.618. The lowest BCUT2D eigenvalue weighted by atomic mass is 9.83. The summed E-state index contributed by atoms with van der Waals surface area (Å²) in [6.07, 6.45) is 3.99. The first-order valence-corrected chi connectivity index (χ1v) is 9.38. The van der Waals surface area contributed by atoms with Crippen LogP contribution in [0.4, 0.5) is 4.79 Å². The van der Waals surface area contributed by atoms with Gasteiger partial charge in [-0.25, -0.2) is 4.79 Å². The number of piperidine rings is 1. The van der Waals surface area contributed by atoms with E-state index in [1.54, 1.807) is 6.07 Å². The summed E-state index contributed by atoms with van der Waals surface area (Å²) >= 11 is 0. The van der Waals surface area contributed by atoms with Gasteiger partial charge in [0.2, 0.25) is 0 Å². The molecule has 2 amide bonds. The van der Waals surface area contributed by atoms with Crippen LogP contribution in [0.3, 0.4) is 0 Å². The van der Waals surface area contributed by atoms with Gasteiger partial charge in [0, 0.05) is 50.3 Å². The van der Waals surface area contributed by atoms with Gasteiger partial charge in [-0.05, 0) is 31.2 Å². The van der Waals surface area contributed by atoms with E-state index in [-0.39, 0.29) is 23.5 Å². The average molecular weight is 361 g/mol. The number of amides is 2.